The number of carbonyl (C=O) groups is 1. The number of benzene rings is 2. The maximum Gasteiger partial charge on any atom is 0.251 e. The molecular formula is C23H32ClIN4O2. The van der Waals surface area contributed by atoms with Crippen molar-refractivity contribution in [1.29, 1.82) is 0 Å². The summed E-state index contributed by atoms with van der Waals surface area (Å²) >= 11 is 6.29. The highest BCUT2D eigenvalue weighted by molar-refractivity contribution is 14.0. The Labute approximate surface area is 207 Å². The van der Waals surface area contributed by atoms with Gasteiger partial charge in [0.05, 0.1) is 7.11 Å². The number of methoxy groups -OCH3 is 1. The lowest BCUT2D eigenvalue weighted by atomic mass is 10.1. The number of halogens is 2. The molecule has 3 N–H and O–H groups in total. The monoisotopic (exact) mass is 558 g/mol. The Morgan fingerprint density at radius 2 is 1.87 bits per heavy atom. The third-order valence-corrected chi connectivity index (χ3v) is 5.19. The normalized spacial score (nSPS) is 11.8. The molecule has 0 saturated carbocycles. The molecule has 2 rings (SSSR count). The quantitative estimate of drug-likeness (QED) is 0.242. The molecule has 2 aromatic carbocycles. The van der Waals surface area contributed by atoms with E-state index in [1.54, 1.807) is 14.2 Å². The highest BCUT2D eigenvalue weighted by Gasteiger charge is 2.08. The third-order valence-electron chi connectivity index (χ3n) is 4.84. The first-order valence-corrected chi connectivity index (χ1v) is 10.5. The fourth-order valence-electron chi connectivity index (χ4n) is 2.76. The van der Waals surface area contributed by atoms with Crippen molar-refractivity contribution in [1.82, 2.24) is 16.0 Å². The minimum absolute atomic E-state index is 0. The molecule has 0 heterocycles. The fraction of sp³-hybridized carbons (Fsp3) is 0.391. The van der Waals surface area contributed by atoms with E-state index in [-0.39, 0.29) is 35.9 Å². The maximum absolute atomic E-state index is 12.2. The standard InChI is InChI=1S/C23H31ClN4O2.HI/c1-5-16(2)28-22(29)19-8-6-17(7-9-19)15-27-23(25-3)26-13-12-18-10-11-20(30-4)14-21(18)24;/h6-11,14,16H,5,12-13,15H2,1-4H3,(H,28,29)(H2,25,26,27);1H. The van der Waals surface area contributed by atoms with Crippen LogP contribution in [0.25, 0.3) is 0 Å². The summed E-state index contributed by atoms with van der Waals surface area (Å²) in [6, 6.07) is 13.4. The molecule has 1 amide bonds. The second-order valence-electron chi connectivity index (χ2n) is 7.04. The van der Waals surface area contributed by atoms with Crippen molar-refractivity contribution >= 4 is 47.4 Å². The zero-order valence-corrected chi connectivity index (χ0v) is 21.6. The first-order chi connectivity index (χ1) is 14.5. The molecule has 0 aliphatic heterocycles. The van der Waals surface area contributed by atoms with E-state index in [2.05, 4.69) is 20.9 Å². The molecule has 8 heteroatoms. The van der Waals surface area contributed by atoms with Gasteiger partial charge in [0.1, 0.15) is 5.75 Å². The van der Waals surface area contributed by atoms with Crippen molar-refractivity contribution in [2.75, 3.05) is 20.7 Å². The third kappa shape index (κ3) is 8.95. The minimum atomic E-state index is -0.0430. The predicted molar refractivity (Wildman–Crippen MR) is 139 cm³/mol. The van der Waals surface area contributed by atoms with Crippen LogP contribution in [0.3, 0.4) is 0 Å². The van der Waals surface area contributed by atoms with Gasteiger partial charge in [-0.15, -0.1) is 24.0 Å². The average Bonchev–Trinajstić information content (AvgIpc) is 2.77. The Morgan fingerprint density at radius 3 is 2.45 bits per heavy atom. The SMILES string of the molecule is CCC(C)NC(=O)c1ccc(CNC(=NC)NCCc2ccc(OC)cc2Cl)cc1.I. The van der Waals surface area contributed by atoms with E-state index in [1.807, 2.05) is 56.3 Å². The smallest absolute Gasteiger partial charge is 0.251 e. The van der Waals surface area contributed by atoms with Gasteiger partial charge in [0.25, 0.3) is 5.91 Å². The van der Waals surface area contributed by atoms with Crippen molar-refractivity contribution < 1.29 is 9.53 Å². The lowest BCUT2D eigenvalue weighted by molar-refractivity contribution is 0.0939. The largest absolute Gasteiger partial charge is 0.497 e. The van der Waals surface area contributed by atoms with Crippen LogP contribution in [0.1, 0.15) is 41.8 Å². The van der Waals surface area contributed by atoms with Crippen LogP contribution in [0.4, 0.5) is 0 Å². The Morgan fingerprint density at radius 1 is 1.16 bits per heavy atom. The minimum Gasteiger partial charge on any atom is -0.497 e. The number of carbonyl (C=O) groups excluding carboxylic acids is 1. The molecule has 0 aliphatic rings. The van der Waals surface area contributed by atoms with Crippen molar-refractivity contribution in [3.05, 3.63) is 64.2 Å². The van der Waals surface area contributed by atoms with Gasteiger partial charge in [-0.3, -0.25) is 9.79 Å². The first-order valence-electron chi connectivity index (χ1n) is 10.1. The van der Waals surface area contributed by atoms with Gasteiger partial charge >= 0.3 is 0 Å². The zero-order valence-electron chi connectivity index (χ0n) is 18.5. The lowest BCUT2D eigenvalue weighted by Crippen LogP contribution is -2.37. The summed E-state index contributed by atoms with van der Waals surface area (Å²) in [4.78, 5) is 16.4. The number of rotatable bonds is 9. The van der Waals surface area contributed by atoms with E-state index in [1.165, 1.54) is 0 Å². The highest BCUT2D eigenvalue weighted by Crippen LogP contribution is 2.22. The van der Waals surface area contributed by atoms with Gasteiger partial charge in [-0.05, 0) is 55.2 Å². The summed E-state index contributed by atoms with van der Waals surface area (Å²) in [6.45, 7) is 5.35. The van der Waals surface area contributed by atoms with E-state index < -0.39 is 0 Å². The maximum atomic E-state index is 12.2. The highest BCUT2D eigenvalue weighted by atomic mass is 127. The molecule has 0 aliphatic carbocycles. The van der Waals surface area contributed by atoms with Crippen LogP contribution in [0.2, 0.25) is 5.02 Å². The Hall–Kier alpha value is -2.00. The van der Waals surface area contributed by atoms with E-state index in [4.69, 9.17) is 16.3 Å². The van der Waals surface area contributed by atoms with Gasteiger partial charge in [0, 0.05) is 36.8 Å². The van der Waals surface area contributed by atoms with Gasteiger partial charge in [0.15, 0.2) is 5.96 Å². The molecular weight excluding hydrogens is 527 g/mol. The van der Waals surface area contributed by atoms with Crippen molar-refractivity contribution in [2.24, 2.45) is 4.99 Å². The number of aliphatic imine (C=N–C) groups is 1. The number of amides is 1. The molecule has 170 valence electrons. The van der Waals surface area contributed by atoms with E-state index in [9.17, 15) is 4.79 Å². The van der Waals surface area contributed by atoms with Crippen molar-refractivity contribution in [3.63, 3.8) is 0 Å². The topological polar surface area (TPSA) is 74.8 Å². The number of ether oxygens (including phenoxy) is 1. The predicted octanol–water partition coefficient (Wildman–Crippen LogP) is 4.40. The second kappa shape index (κ2) is 14.1. The molecule has 0 spiro atoms. The Kier molecular flexibility index (Phi) is 12.3. The summed E-state index contributed by atoms with van der Waals surface area (Å²) in [5.74, 6) is 1.41. The second-order valence-corrected chi connectivity index (χ2v) is 7.45. The molecule has 31 heavy (non-hydrogen) atoms. The zero-order chi connectivity index (χ0) is 21.9. The number of hydrogen-bond donors (Lipinski definition) is 3. The molecule has 0 aromatic heterocycles. The summed E-state index contributed by atoms with van der Waals surface area (Å²) in [7, 11) is 3.36. The lowest BCUT2D eigenvalue weighted by Gasteiger charge is -2.14. The van der Waals surface area contributed by atoms with Crippen LogP contribution in [0.15, 0.2) is 47.5 Å². The Bertz CT molecular complexity index is 859. The molecule has 1 atom stereocenters. The fourth-order valence-corrected chi connectivity index (χ4v) is 3.03. The Balaban J connectivity index is 0.00000480. The summed E-state index contributed by atoms with van der Waals surface area (Å²) in [5.41, 5.74) is 2.78. The van der Waals surface area contributed by atoms with Crippen LogP contribution < -0.4 is 20.7 Å². The number of hydrogen-bond acceptors (Lipinski definition) is 3. The summed E-state index contributed by atoms with van der Waals surface area (Å²) in [6.07, 6.45) is 1.67. The average molecular weight is 559 g/mol. The van der Waals surface area contributed by atoms with Gasteiger partial charge in [-0.1, -0.05) is 36.7 Å². The van der Waals surface area contributed by atoms with E-state index in [0.717, 1.165) is 29.7 Å². The van der Waals surface area contributed by atoms with Gasteiger partial charge in [-0.25, -0.2) is 0 Å². The molecule has 0 saturated heterocycles. The van der Waals surface area contributed by atoms with Crippen LogP contribution in [0.5, 0.6) is 5.75 Å². The number of nitrogens with zero attached hydrogens (tertiary/aromatic N) is 1. The molecule has 0 bridgehead atoms. The number of guanidine groups is 1. The van der Waals surface area contributed by atoms with Crippen LogP contribution in [-0.4, -0.2) is 38.6 Å². The van der Waals surface area contributed by atoms with Gasteiger partial charge in [0.2, 0.25) is 0 Å². The summed E-state index contributed by atoms with van der Waals surface area (Å²) in [5, 5.41) is 10.2. The summed E-state index contributed by atoms with van der Waals surface area (Å²) < 4.78 is 5.18. The van der Waals surface area contributed by atoms with Crippen LogP contribution in [-0.2, 0) is 13.0 Å². The van der Waals surface area contributed by atoms with Crippen molar-refractivity contribution in [2.45, 2.75) is 39.3 Å². The van der Waals surface area contributed by atoms with Gasteiger partial charge < -0.3 is 20.7 Å². The molecule has 0 radical (unpaired) electrons. The molecule has 1 unspecified atom stereocenters. The van der Waals surface area contributed by atoms with Crippen molar-refractivity contribution in [3.8, 4) is 5.75 Å². The van der Waals surface area contributed by atoms with E-state index in [0.29, 0.717) is 29.6 Å². The van der Waals surface area contributed by atoms with Gasteiger partial charge in [-0.2, -0.15) is 0 Å². The first kappa shape index (κ1) is 27.0. The molecule has 2 aromatic rings. The van der Waals surface area contributed by atoms with E-state index >= 15 is 0 Å². The van der Waals surface area contributed by atoms with Crippen LogP contribution >= 0.6 is 35.6 Å². The van der Waals surface area contributed by atoms with Crippen LogP contribution in [0, 0.1) is 0 Å². The molecule has 6 nitrogen and oxygen atoms in total. The number of nitrogens with one attached hydrogen (secondary N) is 3. The molecule has 0 fully saturated rings.